The highest BCUT2D eigenvalue weighted by Gasteiger charge is 2.13. The summed E-state index contributed by atoms with van der Waals surface area (Å²) in [5, 5.41) is 14.1. The molecule has 0 bridgehead atoms. The second-order valence-electron chi connectivity index (χ2n) is 2.51. The lowest BCUT2D eigenvalue weighted by molar-refractivity contribution is -0.643. The van der Waals surface area contributed by atoms with E-state index >= 15 is 0 Å². The van der Waals surface area contributed by atoms with Crippen LogP contribution in [0.4, 0.5) is 4.39 Å². The SMILES string of the molecule is [O-][n+]1nc(Cl)nc2cc(Cl)c(F)cc21. The number of nitrogens with zero attached hydrogens (tertiary/aromatic N) is 3. The van der Waals surface area contributed by atoms with Gasteiger partial charge in [0.25, 0.3) is 10.8 Å². The van der Waals surface area contributed by atoms with Crippen molar-refractivity contribution in [2.75, 3.05) is 0 Å². The fourth-order valence-corrected chi connectivity index (χ4v) is 1.34. The normalized spacial score (nSPS) is 10.8. The van der Waals surface area contributed by atoms with E-state index in [1.165, 1.54) is 6.07 Å². The Morgan fingerprint density at radius 2 is 2.07 bits per heavy atom. The molecule has 0 aliphatic carbocycles. The highest BCUT2D eigenvalue weighted by molar-refractivity contribution is 6.31. The average Bonchev–Trinajstić information content (AvgIpc) is 2.08. The lowest BCUT2D eigenvalue weighted by Gasteiger charge is -1.99. The van der Waals surface area contributed by atoms with Gasteiger partial charge in [-0.3, -0.25) is 0 Å². The predicted octanol–water partition coefficient (Wildman–Crippen LogP) is 1.71. The molecule has 7 heteroatoms. The second-order valence-corrected chi connectivity index (χ2v) is 3.25. The fraction of sp³-hybridized carbons (Fsp3) is 0. The van der Waals surface area contributed by atoms with E-state index in [1.54, 1.807) is 0 Å². The molecule has 0 N–H and O–H groups in total. The van der Waals surface area contributed by atoms with Gasteiger partial charge >= 0.3 is 0 Å². The van der Waals surface area contributed by atoms with Crippen LogP contribution in [0.5, 0.6) is 0 Å². The summed E-state index contributed by atoms with van der Waals surface area (Å²) in [6.07, 6.45) is 0. The Labute approximate surface area is 87.5 Å². The summed E-state index contributed by atoms with van der Waals surface area (Å²) >= 11 is 10.9. The van der Waals surface area contributed by atoms with Gasteiger partial charge in [-0.1, -0.05) is 11.6 Å². The lowest BCUT2D eigenvalue weighted by Crippen LogP contribution is -2.32. The Balaban J connectivity index is 2.89. The molecule has 4 nitrogen and oxygen atoms in total. The maximum atomic E-state index is 13.0. The van der Waals surface area contributed by atoms with Gasteiger partial charge in [-0.05, 0) is 22.5 Å². The van der Waals surface area contributed by atoms with Crippen molar-refractivity contribution in [3.63, 3.8) is 0 Å². The molecule has 2 aromatic rings. The van der Waals surface area contributed by atoms with Crippen molar-refractivity contribution < 1.29 is 9.24 Å². The van der Waals surface area contributed by atoms with Crippen LogP contribution in [0.1, 0.15) is 0 Å². The maximum Gasteiger partial charge on any atom is 0.290 e. The largest absolute Gasteiger partial charge is 0.594 e. The molecule has 0 aliphatic rings. The van der Waals surface area contributed by atoms with E-state index in [0.29, 0.717) is 0 Å². The zero-order valence-electron chi connectivity index (χ0n) is 6.54. The third-order valence-electron chi connectivity index (χ3n) is 1.61. The predicted molar refractivity (Wildman–Crippen MR) is 48.5 cm³/mol. The first kappa shape index (κ1) is 9.36. The smallest absolute Gasteiger partial charge is 0.290 e. The van der Waals surface area contributed by atoms with Gasteiger partial charge in [0.2, 0.25) is 0 Å². The van der Waals surface area contributed by atoms with Crippen LogP contribution >= 0.6 is 23.2 Å². The third-order valence-corrected chi connectivity index (χ3v) is 2.06. The number of halogens is 3. The van der Waals surface area contributed by atoms with Crippen LogP contribution in [-0.4, -0.2) is 10.1 Å². The van der Waals surface area contributed by atoms with Gasteiger partial charge in [0.05, 0.1) is 11.1 Å². The van der Waals surface area contributed by atoms with Crippen LogP contribution in [0.25, 0.3) is 11.0 Å². The average molecular weight is 234 g/mol. The van der Waals surface area contributed by atoms with Crippen LogP contribution in [0.15, 0.2) is 12.1 Å². The summed E-state index contributed by atoms with van der Waals surface area (Å²) in [4.78, 5) is 3.92. The van der Waals surface area contributed by atoms with Crippen LogP contribution < -0.4 is 4.85 Å². The molecule has 1 heterocycles. The molecule has 0 unspecified atom stereocenters. The van der Waals surface area contributed by atoms with Crippen LogP contribution in [0.3, 0.4) is 0 Å². The minimum Gasteiger partial charge on any atom is -0.594 e. The summed E-state index contributed by atoms with van der Waals surface area (Å²) < 4.78 is 13.0. The molecule has 0 saturated heterocycles. The standard InChI is InChI=1S/C7H2Cl2FN3O/c8-3-1-5-6(2-4(3)10)13(14)12-7(9)11-5/h1-2H. The molecule has 0 atom stereocenters. The zero-order chi connectivity index (χ0) is 10.3. The van der Waals surface area contributed by atoms with Crippen molar-refractivity contribution in [3.8, 4) is 0 Å². The van der Waals surface area contributed by atoms with Crippen LogP contribution in [0, 0.1) is 11.0 Å². The Morgan fingerprint density at radius 1 is 1.36 bits per heavy atom. The molecule has 0 aliphatic heterocycles. The van der Waals surface area contributed by atoms with E-state index in [9.17, 15) is 9.60 Å². The topological polar surface area (TPSA) is 52.7 Å². The molecule has 0 spiro atoms. The Bertz CT molecular complexity index is 520. The number of fused-ring (bicyclic) bond motifs is 1. The Kier molecular flexibility index (Phi) is 2.13. The minimum absolute atomic E-state index is 0.0173. The van der Waals surface area contributed by atoms with Gasteiger partial charge < -0.3 is 5.21 Å². The van der Waals surface area contributed by atoms with Crippen LogP contribution in [-0.2, 0) is 0 Å². The molecular weight excluding hydrogens is 232 g/mol. The fourth-order valence-electron chi connectivity index (χ4n) is 1.02. The summed E-state index contributed by atoms with van der Waals surface area (Å²) in [7, 11) is 0. The van der Waals surface area contributed by atoms with Gasteiger partial charge in [0, 0.05) is 5.10 Å². The molecule has 72 valence electrons. The van der Waals surface area contributed by atoms with E-state index in [2.05, 4.69) is 10.1 Å². The number of hydrogen-bond acceptors (Lipinski definition) is 3. The van der Waals surface area contributed by atoms with Crippen molar-refractivity contribution in [2.24, 2.45) is 0 Å². The van der Waals surface area contributed by atoms with Crippen molar-refractivity contribution in [1.82, 2.24) is 10.1 Å². The third kappa shape index (κ3) is 1.44. The van der Waals surface area contributed by atoms with E-state index in [1.807, 2.05) is 0 Å². The van der Waals surface area contributed by atoms with Crippen molar-refractivity contribution in [3.05, 3.63) is 33.5 Å². The molecule has 0 saturated carbocycles. The lowest BCUT2D eigenvalue weighted by atomic mass is 10.3. The number of aromatic nitrogens is 3. The Hall–Kier alpha value is -1.20. The van der Waals surface area contributed by atoms with E-state index < -0.39 is 5.82 Å². The number of benzene rings is 1. The molecule has 0 fully saturated rings. The van der Waals surface area contributed by atoms with Gasteiger partial charge in [-0.2, -0.15) is 0 Å². The quantitative estimate of drug-likeness (QED) is 0.515. The van der Waals surface area contributed by atoms with Gasteiger partial charge in [0.15, 0.2) is 0 Å². The number of hydrogen-bond donors (Lipinski definition) is 0. The molecule has 0 amide bonds. The molecule has 14 heavy (non-hydrogen) atoms. The van der Waals surface area contributed by atoms with E-state index in [4.69, 9.17) is 23.2 Å². The van der Waals surface area contributed by atoms with Gasteiger partial charge in [-0.15, -0.1) is 0 Å². The summed E-state index contributed by atoms with van der Waals surface area (Å²) in [5.41, 5.74) is 0.183. The van der Waals surface area contributed by atoms with Crippen molar-refractivity contribution in [1.29, 1.82) is 0 Å². The first-order chi connectivity index (χ1) is 6.58. The maximum absolute atomic E-state index is 13.0. The Morgan fingerprint density at radius 3 is 2.79 bits per heavy atom. The highest BCUT2D eigenvalue weighted by atomic mass is 35.5. The molecule has 0 radical (unpaired) electrons. The molecular formula is C7H2Cl2FN3O. The van der Waals surface area contributed by atoms with E-state index in [0.717, 1.165) is 6.07 Å². The minimum atomic E-state index is -0.699. The molecule has 1 aromatic heterocycles. The zero-order valence-corrected chi connectivity index (χ0v) is 8.05. The van der Waals surface area contributed by atoms with Gasteiger partial charge in [0.1, 0.15) is 11.3 Å². The van der Waals surface area contributed by atoms with Crippen LogP contribution in [0.2, 0.25) is 10.3 Å². The van der Waals surface area contributed by atoms with Crippen molar-refractivity contribution in [2.45, 2.75) is 0 Å². The summed E-state index contributed by atoms with van der Waals surface area (Å²) in [6.45, 7) is 0. The van der Waals surface area contributed by atoms with Crippen molar-refractivity contribution >= 4 is 34.2 Å². The highest BCUT2D eigenvalue weighted by Crippen LogP contribution is 2.19. The first-order valence-electron chi connectivity index (χ1n) is 3.50. The van der Waals surface area contributed by atoms with Gasteiger partial charge in [-0.25, -0.2) is 9.37 Å². The monoisotopic (exact) mass is 233 g/mol. The van der Waals surface area contributed by atoms with E-state index in [-0.39, 0.29) is 26.2 Å². The molecule has 2 rings (SSSR count). The summed E-state index contributed by atoms with van der Waals surface area (Å²) in [6, 6.07) is 2.18. The first-order valence-corrected chi connectivity index (χ1v) is 4.25. The second kappa shape index (κ2) is 3.18. The summed E-state index contributed by atoms with van der Waals surface area (Å²) in [5.74, 6) is -0.699. The number of rotatable bonds is 0. The molecule has 1 aromatic carbocycles.